The highest BCUT2D eigenvalue weighted by Crippen LogP contribution is 2.38. The van der Waals surface area contributed by atoms with E-state index in [1.807, 2.05) is 0 Å². The minimum atomic E-state index is 0.0322. The molecular weight excluding hydrogens is 258 g/mol. The van der Waals surface area contributed by atoms with Crippen LogP contribution >= 0.6 is 11.8 Å². The molecule has 2 fully saturated rings. The Labute approximate surface area is 122 Å². The first-order chi connectivity index (χ1) is 8.94. The summed E-state index contributed by atoms with van der Waals surface area (Å²) in [6.45, 7) is 9.44. The molecule has 112 valence electrons. The van der Waals surface area contributed by atoms with E-state index in [4.69, 9.17) is 9.47 Å². The molecule has 3 unspecified atom stereocenters. The van der Waals surface area contributed by atoms with Gasteiger partial charge in [-0.1, -0.05) is 20.8 Å². The van der Waals surface area contributed by atoms with Gasteiger partial charge in [0.2, 0.25) is 0 Å². The molecule has 0 amide bonds. The van der Waals surface area contributed by atoms with Crippen molar-refractivity contribution in [3.05, 3.63) is 0 Å². The van der Waals surface area contributed by atoms with Crippen molar-refractivity contribution in [3.8, 4) is 0 Å². The number of thioether (sulfide) groups is 1. The fourth-order valence-corrected chi connectivity index (χ4v) is 4.19. The van der Waals surface area contributed by atoms with Crippen molar-refractivity contribution in [3.63, 3.8) is 0 Å². The highest BCUT2D eigenvalue weighted by atomic mass is 32.2. The van der Waals surface area contributed by atoms with Gasteiger partial charge in [0, 0.05) is 36.2 Å². The van der Waals surface area contributed by atoms with E-state index in [1.54, 1.807) is 0 Å². The molecule has 0 aliphatic carbocycles. The molecule has 0 aromatic rings. The van der Waals surface area contributed by atoms with Gasteiger partial charge in [0.15, 0.2) is 0 Å². The van der Waals surface area contributed by atoms with Gasteiger partial charge in [-0.2, -0.15) is 11.8 Å². The first-order valence-electron chi connectivity index (χ1n) is 7.47. The summed E-state index contributed by atoms with van der Waals surface area (Å²) in [6.07, 6.45) is 3.41. The normalized spacial score (nSPS) is 33.8. The zero-order valence-corrected chi connectivity index (χ0v) is 13.6. The molecule has 0 aromatic carbocycles. The van der Waals surface area contributed by atoms with Crippen LogP contribution in [0.3, 0.4) is 0 Å². The van der Waals surface area contributed by atoms with E-state index >= 15 is 0 Å². The molecule has 1 N–H and O–H groups in total. The Morgan fingerprint density at radius 2 is 2.16 bits per heavy atom. The molecule has 3 nitrogen and oxygen atoms in total. The summed E-state index contributed by atoms with van der Waals surface area (Å²) in [6, 6.07) is 0.589. The van der Waals surface area contributed by atoms with E-state index in [0.717, 1.165) is 38.6 Å². The largest absolute Gasteiger partial charge is 0.378 e. The lowest BCUT2D eigenvalue weighted by molar-refractivity contribution is -0.101. The Kier molecular flexibility index (Phi) is 5.21. The molecule has 1 spiro atoms. The SMILES string of the molecule is CNC(CSC(C)(C)C)C1CCOC2(CCOC2)C1. The summed E-state index contributed by atoms with van der Waals surface area (Å²) in [7, 11) is 2.10. The molecule has 0 bridgehead atoms. The van der Waals surface area contributed by atoms with Crippen LogP contribution in [0.15, 0.2) is 0 Å². The van der Waals surface area contributed by atoms with Crippen LogP contribution in [0.2, 0.25) is 0 Å². The number of rotatable bonds is 4. The minimum absolute atomic E-state index is 0.0322. The second-order valence-electron chi connectivity index (χ2n) is 6.91. The number of nitrogens with one attached hydrogen (secondary N) is 1. The molecule has 0 radical (unpaired) electrons. The standard InChI is InChI=1S/C15H29NO2S/c1-14(2,3)19-10-13(16-4)12-5-7-18-15(9-12)6-8-17-11-15/h12-13,16H,5-11H2,1-4H3. The molecule has 2 rings (SSSR count). The smallest absolute Gasteiger partial charge is 0.0939 e. The first-order valence-corrected chi connectivity index (χ1v) is 8.46. The highest BCUT2D eigenvalue weighted by Gasteiger charge is 2.42. The van der Waals surface area contributed by atoms with E-state index < -0.39 is 0 Å². The van der Waals surface area contributed by atoms with Crippen LogP contribution in [-0.2, 0) is 9.47 Å². The third-order valence-corrected chi connectivity index (χ3v) is 5.63. The number of ether oxygens (including phenoxy) is 2. The second-order valence-corrected chi connectivity index (χ2v) is 8.75. The van der Waals surface area contributed by atoms with Crippen LogP contribution in [0.5, 0.6) is 0 Å². The van der Waals surface area contributed by atoms with Gasteiger partial charge in [0.1, 0.15) is 0 Å². The van der Waals surface area contributed by atoms with Crippen LogP contribution in [-0.4, -0.2) is 49.0 Å². The predicted molar refractivity (Wildman–Crippen MR) is 81.9 cm³/mol. The third-order valence-electron chi connectivity index (χ3n) is 4.23. The summed E-state index contributed by atoms with van der Waals surface area (Å²) in [4.78, 5) is 0. The maximum absolute atomic E-state index is 6.04. The van der Waals surface area contributed by atoms with E-state index in [1.165, 1.54) is 12.2 Å². The molecule has 4 heteroatoms. The van der Waals surface area contributed by atoms with Gasteiger partial charge in [-0.25, -0.2) is 0 Å². The van der Waals surface area contributed by atoms with Crippen LogP contribution in [0.4, 0.5) is 0 Å². The molecule has 2 saturated heterocycles. The lowest BCUT2D eigenvalue weighted by Gasteiger charge is -2.40. The van der Waals surface area contributed by atoms with Crippen molar-refractivity contribution in [2.24, 2.45) is 5.92 Å². The van der Waals surface area contributed by atoms with Crippen molar-refractivity contribution in [1.29, 1.82) is 0 Å². The molecule has 0 aromatic heterocycles. The molecule has 0 saturated carbocycles. The molecule has 3 atom stereocenters. The fourth-order valence-electron chi connectivity index (χ4n) is 3.07. The van der Waals surface area contributed by atoms with E-state index in [9.17, 15) is 0 Å². The molecule has 2 aliphatic rings. The maximum Gasteiger partial charge on any atom is 0.0939 e. The lowest BCUT2D eigenvalue weighted by atomic mass is 9.81. The van der Waals surface area contributed by atoms with Crippen LogP contribution < -0.4 is 5.32 Å². The Balaban J connectivity index is 1.90. The van der Waals surface area contributed by atoms with Gasteiger partial charge in [-0.15, -0.1) is 0 Å². The fraction of sp³-hybridized carbons (Fsp3) is 1.00. The maximum atomic E-state index is 6.04. The van der Waals surface area contributed by atoms with Crippen molar-refractivity contribution < 1.29 is 9.47 Å². The third kappa shape index (κ3) is 4.35. The summed E-state index contributed by atoms with van der Waals surface area (Å²) >= 11 is 2.06. The molecule has 19 heavy (non-hydrogen) atoms. The Morgan fingerprint density at radius 3 is 2.74 bits per heavy atom. The highest BCUT2D eigenvalue weighted by molar-refractivity contribution is 8.00. The lowest BCUT2D eigenvalue weighted by Crippen LogP contribution is -2.47. The number of hydrogen-bond donors (Lipinski definition) is 1. The molecule has 2 heterocycles. The topological polar surface area (TPSA) is 30.5 Å². The predicted octanol–water partition coefficient (Wildman–Crippen LogP) is 2.69. The van der Waals surface area contributed by atoms with Gasteiger partial charge in [-0.05, 0) is 25.8 Å². The second kappa shape index (κ2) is 6.33. The van der Waals surface area contributed by atoms with Gasteiger partial charge in [-0.3, -0.25) is 0 Å². The van der Waals surface area contributed by atoms with Crippen LogP contribution in [0.25, 0.3) is 0 Å². The van der Waals surface area contributed by atoms with Gasteiger partial charge < -0.3 is 14.8 Å². The van der Waals surface area contributed by atoms with Crippen LogP contribution in [0.1, 0.15) is 40.0 Å². The Morgan fingerprint density at radius 1 is 1.37 bits per heavy atom. The van der Waals surface area contributed by atoms with Gasteiger partial charge >= 0.3 is 0 Å². The zero-order valence-electron chi connectivity index (χ0n) is 12.8. The van der Waals surface area contributed by atoms with Crippen molar-refractivity contribution in [1.82, 2.24) is 5.32 Å². The van der Waals surface area contributed by atoms with Crippen molar-refractivity contribution >= 4 is 11.8 Å². The Bertz CT molecular complexity index is 284. The quantitative estimate of drug-likeness (QED) is 0.861. The average molecular weight is 287 g/mol. The summed E-state index contributed by atoms with van der Waals surface area (Å²) in [5.41, 5.74) is 0.0322. The zero-order chi connectivity index (χ0) is 13.9. The Hall–Kier alpha value is 0.230. The number of hydrogen-bond acceptors (Lipinski definition) is 4. The summed E-state index contributed by atoms with van der Waals surface area (Å²) in [5, 5.41) is 3.53. The van der Waals surface area contributed by atoms with Crippen LogP contribution in [0, 0.1) is 5.92 Å². The minimum Gasteiger partial charge on any atom is -0.378 e. The monoisotopic (exact) mass is 287 g/mol. The van der Waals surface area contributed by atoms with Crippen molar-refractivity contribution in [2.45, 2.75) is 56.4 Å². The van der Waals surface area contributed by atoms with Crippen molar-refractivity contribution in [2.75, 3.05) is 32.6 Å². The molecule has 2 aliphatic heterocycles. The summed E-state index contributed by atoms with van der Waals surface area (Å²) in [5.74, 6) is 1.90. The first kappa shape index (κ1) is 15.6. The van der Waals surface area contributed by atoms with Gasteiger partial charge in [0.05, 0.1) is 12.2 Å². The molecular formula is C15H29NO2S. The summed E-state index contributed by atoms with van der Waals surface area (Å²) < 4.78 is 11.9. The van der Waals surface area contributed by atoms with Gasteiger partial charge in [0.25, 0.3) is 0 Å². The average Bonchev–Trinajstić information content (AvgIpc) is 2.77. The van der Waals surface area contributed by atoms with E-state index in [2.05, 4.69) is 44.9 Å². The van der Waals surface area contributed by atoms with E-state index in [0.29, 0.717) is 10.8 Å². The van der Waals surface area contributed by atoms with E-state index in [-0.39, 0.29) is 5.60 Å².